The van der Waals surface area contributed by atoms with E-state index in [1.54, 1.807) is 0 Å². The first-order chi connectivity index (χ1) is 10.5. The molecule has 0 spiro atoms. The van der Waals surface area contributed by atoms with Gasteiger partial charge in [-0.3, -0.25) is 4.79 Å². The molecule has 2 aliphatic rings. The Kier molecular flexibility index (Phi) is 5.21. The standard InChI is InChI=1S/C12H15Cl3N2O5S/c1-11(2)6(9(19)21-3)17-7(18)5(8(17)23-11)16-10(20)22-12(14,15)4-13/h5-6,8H,4H2,1-3H3,(H,16,20)/t5?,6-,8+/m0/s1. The van der Waals surface area contributed by atoms with Crippen molar-refractivity contribution in [2.75, 3.05) is 13.0 Å². The Morgan fingerprint density at radius 1 is 1.43 bits per heavy atom. The monoisotopic (exact) mass is 404 g/mol. The van der Waals surface area contributed by atoms with Crippen molar-refractivity contribution in [3.8, 4) is 0 Å². The minimum Gasteiger partial charge on any atom is -0.467 e. The highest BCUT2D eigenvalue weighted by Gasteiger charge is 2.64. The second kappa shape index (κ2) is 6.38. The molecule has 1 unspecified atom stereocenters. The summed E-state index contributed by atoms with van der Waals surface area (Å²) in [5, 5.41) is 1.99. The normalized spacial score (nSPS) is 28.7. The molecule has 2 aliphatic heterocycles. The van der Waals surface area contributed by atoms with Crippen LogP contribution in [0.4, 0.5) is 4.79 Å². The first-order valence-corrected chi connectivity index (χ1v) is 8.72. The summed E-state index contributed by atoms with van der Waals surface area (Å²) >= 11 is 18.1. The predicted molar refractivity (Wildman–Crippen MR) is 86.7 cm³/mol. The average Bonchev–Trinajstić information content (AvgIpc) is 2.72. The van der Waals surface area contributed by atoms with Crippen molar-refractivity contribution in [2.45, 2.75) is 40.6 Å². The number of hydrogen-bond acceptors (Lipinski definition) is 6. The molecule has 0 aromatic rings. The highest BCUT2D eigenvalue weighted by Crippen LogP contribution is 2.51. The van der Waals surface area contributed by atoms with E-state index in [2.05, 4.69) is 5.32 Å². The van der Waals surface area contributed by atoms with Crippen molar-refractivity contribution in [1.29, 1.82) is 0 Å². The van der Waals surface area contributed by atoms with E-state index in [0.717, 1.165) is 0 Å². The topological polar surface area (TPSA) is 84.9 Å². The van der Waals surface area contributed by atoms with Gasteiger partial charge in [0.25, 0.3) is 4.52 Å². The number of carbonyl (C=O) groups excluding carboxylic acids is 3. The summed E-state index contributed by atoms with van der Waals surface area (Å²) in [5.74, 6) is -1.23. The Bertz CT molecular complexity index is 545. The second-order valence-electron chi connectivity index (χ2n) is 5.57. The molecule has 0 bridgehead atoms. The van der Waals surface area contributed by atoms with Crippen LogP contribution in [0.15, 0.2) is 0 Å². The summed E-state index contributed by atoms with van der Waals surface area (Å²) in [7, 11) is 1.26. The number of carbonyl (C=O) groups is 3. The number of methoxy groups -OCH3 is 1. The zero-order valence-electron chi connectivity index (χ0n) is 12.5. The minimum absolute atomic E-state index is 0.329. The number of hydrogen-bond donors (Lipinski definition) is 1. The number of β-lactam (4-membered cyclic amide) rings is 1. The molecule has 0 aromatic heterocycles. The van der Waals surface area contributed by atoms with Crippen LogP contribution in [0, 0.1) is 0 Å². The molecular formula is C12H15Cl3N2O5S. The summed E-state index contributed by atoms with van der Waals surface area (Å²) in [6, 6.07) is -1.55. The first kappa shape index (κ1) is 18.8. The van der Waals surface area contributed by atoms with Gasteiger partial charge in [0.15, 0.2) is 0 Å². The molecular weight excluding hydrogens is 391 g/mol. The molecule has 2 amide bonds. The maximum Gasteiger partial charge on any atom is 0.410 e. The van der Waals surface area contributed by atoms with Crippen LogP contribution >= 0.6 is 46.6 Å². The van der Waals surface area contributed by atoms with Gasteiger partial charge in [-0.15, -0.1) is 23.4 Å². The fourth-order valence-corrected chi connectivity index (χ4v) is 4.37. The Hall–Kier alpha value is -0.570. The number of ether oxygens (including phenoxy) is 2. The lowest BCUT2D eigenvalue weighted by molar-refractivity contribution is -0.161. The number of amides is 2. The lowest BCUT2D eigenvalue weighted by Crippen LogP contribution is -2.70. The highest BCUT2D eigenvalue weighted by atomic mass is 35.5. The zero-order chi connectivity index (χ0) is 17.6. The van der Waals surface area contributed by atoms with Crippen LogP contribution < -0.4 is 5.32 Å². The van der Waals surface area contributed by atoms with E-state index in [0.29, 0.717) is 0 Å². The molecule has 130 valence electrons. The third-order valence-electron chi connectivity index (χ3n) is 3.54. The van der Waals surface area contributed by atoms with Gasteiger partial charge in [-0.1, -0.05) is 23.2 Å². The maximum absolute atomic E-state index is 12.3. The van der Waals surface area contributed by atoms with Crippen molar-refractivity contribution < 1.29 is 23.9 Å². The van der Waals surface area contributed by atoms with Crippen LogP contribution in [0.3, 0.4) is 0 Å². The average molecular weight is 406 g/mol. The van der Waals surface area contributed by atoms with Crippen LogP contribution in [0.2, 0.25) is 0 Å². The van der Waals surface area contributed by atoms with Gasteiger partial charge in [0.2, 0.25) is 5.91 Å². The Morgan fingerprint density at radius 3 is 2.57 bits per heavy atom. The Morgan fingerprint density at radius 2 is 2.04 bits per heavy atom. The first-order valence-electron chi connectivity index (χ1n) is 6.55. The molecule has 2 saturated heterocycles. The molecule has 7 nitrogen and oxygen atoms in total. The van der Waals surface area contributed by atoms with E-state index in [4.69, 9.17) is 44.3 Å². The van der Waals surface area contributed by atoms with Crippen LogP contribution in [0.5, 0.6) is 0 Å². The zero-order valence-corrected chi connectivity index (χ0v) is 15.6. The van der Waals surface area contributed by atoms with Crippen molar-refractivity contribution in [3.05, 3.63) is 0 Å². The fraction of sp³-hybridized carbons (Fsp3) is 0.750. The summed E-state index contributed by atoms with van der Waals surface area (Å²) in [6.07, 6.45) is -0.964. The number of halogens is 3. The van der Waals surface area contributed by atoms with E-state index < -0.39 is 44.7 Å². The molecule has 2 fully saturated rings. The van der Waals surface area contributed by atoms with Crippen molar-refractivity contribution in [2.24, 2.45) is 0 Å². The molecule has 0 saturated carbocycles. The minimum atomic E-state index is -1.88. The largest absolute Gasteiger partial charge is 0.467 e. The number of alkyl halides is 3. The smallest absolute Gasteiger partial charge is 0.410 e. The molecule has 11 heteroatoms. The maximum atomic E-state index is 12.3. The lowest BCUT2D eigenvalue weighted by atomic mass is 9.96. The second-order valence-corrected chi connectivity index (χ2v) is 9.02. The van der Waals surface area contributed by atoms with Crippen LogP contribution in [-0.4, -0.2) is 62.6 Å². The van der Waals surface area contributed by atoms with E-state index in [9.17, 15) is 14.4 Å². The van der Waals surface area contributed by atoms with Crippen molar-refractivity contribution >= 4 is 64.5 Å². The van der Waals surface area contributed by atoms with Crippen molar-refractivity contribution in [1.82, 2.24) is 10.2 Å². The van der Waals surface area contributed by atoms with Crippen LogP contribution in [0.1, 0.15) is 13.8 Å². The number of nitrogens with one attached hydrogen (secondary N) is 1. The number of esters is 1. The Balaban J connectivity index is 2.06. The fourth-order valence-electron chi connectivity index (χ4n) is 2.56. The number of fused-ring (bicyclic) bond motifs is 1. The van der Waals surface area contributed by atoms with E-state index in [-0.39, 0.29) is 5.88 Å². The van der Waals surface area contributed by atoms with Gasteiger partial charge in [0.05, 0.1) is 13.0 Å². The quantitative estimate of drug-likeness (QED) is 0.435. The van der Waals surface area contributed by atoms with Crippen molar-refractivity contribution in [3.63, 3.8) is 0 Å². The van der Waals surface area contributed by atoms with Gasteiger partial charge in [-0.05, 0) is 13.8 Å². The predicted octanol–water partition coefficient (Wildman–Crippen LogP) is 1.69. The van der Waals surface area contributed by atoms with E-state index >= 15 is 0 Å². The summed E-state index contributed by atoms with van der Waals surface area (Å²) < 4.78 is 7.05. The third-order valence-corrected chi connectivity index (χ3v) is 6.18. The number of nitrogens with zero attached hydrogens (tertiary/aromatic N) is 1. The summed E-state index contributed by atoms with van der Waals surface area (Å²) in [4.78, 5) is 37.4. The molecule has 2 heterocycles. The summed E-state index contributed by atoms with van der Waals surface area (Å²) in [5.41, 5.74) is 0. The van der Waals surface area contributed by atoms with Gasteiger partial charge in [0, 0.05) is 4.75 Å². The lowest BCUT2D eigenvalue weighted by Gasteiger charge is -2.43. The van der Waals surface area contributed by atoms with Gasteiger partial charge in [0.1, 0.15) is 17.5 Å². The third kappa shape index (κ3) is 3.45. The van der Waals surface area contributed by atoms with Gasteiger partial charge < -0.3 is 19.7 Å². The molecule has 3 atom stereocenters. The molecule has 0 aromatic carbocycles. The Labute approximate surface area is 152 Å². The van der Waals surface area contributed by atoms with Crippen LogP contribution in [0.25, 0.3) is 0 Å². The SMILES string of the molecule is COC(=O)[C@@H]1N2C(=O)C(NC(=O)OC(Cl)(Cl)CCl)[C@H]2SC1(C)C. The molecule has 23 heavy (non-hydrogen) atoms. The molecule has 0 aliphatic carbocycles. The number of rotatable bonds is 4. The van der Waals surface area contributed by atoms with Gasteiger partial charge >= 0.3 is 12.1 Å². The molecule has 1 N–H and O–H groups in total. The summed E-state index contributed by atoms with van der Waals surface area (Å²) in [6.45, 7) is 3.66. The van der Waals surface area contributed by atoms with Gasteiger partial charge in [-0.2, -0.15) is 0 Å². The number of alkyl carbamates (subject to hydrolysis) is 1. The highest BCUT2D eigenvalue weighted by molar-refractivity contribution is 8.01. The molecule has 2 rings (SSSR count). The van der Waals surface area contributed by atoms with E-state index in [1.165, 1.54) is 23.8 Å². The molecule has 0 radical (unpaired) electrons. The van der Waals surface area contributed by atoms with Crippen LogP contribution in [-0.2, 0) is 19.1 Å². The number of thioether (sulfide) groups is 1. The van der Waals surface area contributed by atoms with Gasteiger partial charge in [-0.25, -0.2) is 9.59 Å². The van der Waals surface area contributed by atoms with E-state index in [1.807, 2.05) is 13.8 Å².